The van der Waals surface area contributed by atoms with Crippen LogP contribution in [0.1, 0.15) is 25.3 Å². The fourth-order valence-corrected chi connectivity index (χ4v) is 1.69. The van der Waals surface area contributed by atoms with Crippen LogP contribution in [-0.4, -0.2) is 12.6 Å². The Morgan fingerprint density at radius 2 is 2.29 bits per heavy atom. The van der Waals surface area contributed by atoms with Crippen LogP contribution in [0.4, 0.5) is 0 Å². The lowest BCUT2D eigenvalue weighted by atomic mass is 10.0. The van der Waals surface area contributed by atoms with Gasteiger partial charge in [-0.2, -0.15) is 0 Å². The Morgan fingerprint density at radius 3 is 2.94 bits per heavy atom. The highest BCUT2D eigenvalue weighted by atomic mass is 35.5. The van der Waals surface area contributed by atoms with E-state index in [2.05, 4.69) is 12.8 Å². The highest BCUT2D eigenvalue weighted by Gasteiger charge is 2.08. The van der Waals surface area contributed by atoms with Gasteiger partial charge in [0.1, 0.15) is 5.75 Å². The molecular weight excluding hydrogens is 234 g/mol. The Bertz CT molecular complexity index is 398. The van der Waals surface area contributed by atoms with E-state index in [0.29, 0.717) is 18.1 Å². The van der Waals surface area contributed by atoms with Gasteiger partial charge >= 0.3 is 0 Å². The van der Waals surface area contributed by atoms with Crippen LogP contribution in [0.3, 0.4) is 0 Å². The number of halogens is 1. The fraction of sp³-hybridized carbons (Fsp3) is 0.429. The molecule has 0 aromatic heterocycles. The molecule has 2 nitrogen and oxygen atoms in total. The normalized spacial score (nSPS) is 11.9. The van der Waals surface area contributed by atoms with Crippen LogP contribution < -0.4 is 10.5 Å². The van der Waals surface area contributed by atoms with Crippen molar-refractivity contribution in [2.24, 2.45) is 5.73 Å². The first-order chi connectivity index (χ1) is 8.17. The molecule has 3 heteroatoms. The summed E-state index contributed by atoms with van der Waals surface area (Å²) in [6.45, 7) is 2.58. The van der Waals surface area contributed by atoms with Crippen LogP contribution in [0.25, 0.3) is 0 Å². The number of nitrogens with two attached hydrogens (primary N) is 1. The van der Waals surface area contributed by atoms with Gasteiger partial charge in [0.15, 0.2) is 0 Å². The van der Waals surface area contributed by atoms with Gasteiger partial charge in [-0.3, -0.25) is 0 Å². The van der Waals surface area contributed by atoms with Crippen LogP contribution in [0, 0.1) is 12.3 Å². The predicted molar refractivity (Wildman–Crippen MR) is 72.4 cm³/mol. The zero-order valence-electron chi connectivity index (χ0n) is 10.1. The highest BCUT2D eigenvalue weighted by Crippen LogP contribution is 2.24. The molecule has 0 aliphatic rings. The van der Waals surface area contributed by atoms with Crippen molar-refractivity contribution in [2.75, 3.05) is 6.61 Å². The lowest BCUT2D eigenvalue weighted by Crippen LogP contribution is -2.21. The van der Waals surface area contributed by atoms with Crippen LogP contribution in [0.5, 0.6) is 5.75 Å². The summed E-state index contributed by atoms with van der Waals surface area (Å²) in [5.41, 5.74) is 6.99. The average molecular weight is 252 g/mol. The molecule has 0 spiro atoms. The molecule has 17 heavy (non-hydrogen) atoms. The van der Waals surface area contributed by atoms with Gasteiger partial charge in [0, 0.05) is 17.5 Å². The Hall–Kier alpha value is -1.17. The van der Waals surface area contributed by atoms with Gasteiger partial charge in [-0.25, -0.2) is 0 Å². The second-order valence-corrected chi connectivity index (χ2v) is 4.36. The first-order valence-corrected chi connectivity index (χ1v) is 6.15. The van der Waals surface area contributed by atoms with Crippen molar-refractivity contribution in [3.8, 4) is 18.1 Å². The Balaban J connectivity index is 2.77. The van der Waals surface area contributed by atoms with Gasteiger partial charge in [0.05, 0.1) is 6.61 Å². The molecule has 0 aliphatic carbocycles. The third-order valence-corrected chi connectivity index (χ3v) is 2.77. The smallest absolute Gasteiger partial charge is 0.122 e. The standard InChI is InChI=1S/C14H18ClNO/c1-3-5-8-17-14-7-6-12(15)9-11(14)10-13(16)4-2/h1,6-7,9,13H,4-5,8,10,16H2,2H3. The molecule has 2 N–H and O–H groups in total. The molecule has 1 unspecified atom stereocenters. The molecule has 0 fully saturated rings. The molecular formula is C14H18ClNO. The number of hydrogen-bond acceptors (Lipinski definition) is 2. The van der Waals surface area contributed by atoms with E-state index in [-0.39, 0.29) is 6.04 Å². The van der Waals surface area contributed by atoms with E-state index < -0.39 is 0 Å². The number of benzene rings is 1. The van der Waals surface area contributed by atoms with Crippen molar-refractivity contribution >= 4 is 11.6 Å². The second kappa shape index (κ2) is 7.21. The molecule has 0 saturated carbocycles. The van der Waals surface area contributed by atoms with E-state index in [4.69, 9.17) is 28.5 Å². The van der Waals surface area contributed by atoms with Crippen molar-refractivity contribution in [1.29, 1.82) is 0 Å². The molecule has 92 valence electrons. The van der Waals surface area contributed by atoms with E-state index in [0.717, 1.165) is 24.2 Å². The van der Waals surface area contributed by atoms with Crippen LogP contribution in [0.2, 0.25) is 5.02 Å². The summed E-state index contributed by atoms with van der Waals surface area (Å²) < 4.78 is 5.62. The third-order valence-electron chi connectivity index (χ3n) is 2.53. The van der Waals surface area contributed by atoms with Gasteiger partial charge in [0.25, 0.3) is 0 Å². The first-order valence-electron chi connectivity index (χ1n) is 5.77. The van der Waals surface area contributed by atoms with Gasteiger partial charge in [-0.1, -0.05) is 18.5 Å². The maximum Gasteiger partial charge on any atom is 0.122 e. The molecule has 1 aromatic rings. The zero-order valence-corrected chi connectivity index (χ0v) is 10.8. The first kappa shape index (κ1) is 13.9. The van der Waals surface area contributed by atoms with E-state index in [1.54, 1.807) is 0 Å². The lowest BCUT2D eigenvalue weighted by molar-refractivity contribution is 0.323. The van der Waals surface area contributed by atoms with Gasteiger partial charge in [-0.05, 0) is 36.6 Å². The minimum atomic E-state index is 0.128. The quantitative estimate of drug-likeness (QED) is 0.623. The van der Waals surface area contributed by atoms with Crippen molar-refractivity contribution < 1.29 is 4.74 Å². The molecule has 0 heterocycles. The number of ether oxygens (including phenoxy) is 1. The summed E-state index contributed by atoms with van der Waals surface area (Å²) >= 11 is 5.98. The van der Waals surface area contributed by atoms with Gasteiger partial charge in [-0.15, -0.1) is 12.3 Å². The zero-order chi connectivity index (χ0) is 12.7. The number of hydrogen-bond donors (Lipinski definition) is 1. The summed E-state index contributed by atoms with van der Waals surface area (Å²) in [6.07, 6.45) is 7.48. The summed E-state index contributed by atoms with van der Waals surface area (Å²) in [5, 5.41) is 0.701. The third kappa shape index (κ3) is 4.68. The van der Waals surface area contributed by atoms with Crippen molar-refractivity contribution in [3.63, 3.8) is 0 Å². The average Bonchev–Trinajstić information content (AvgIpc) is 2.32. The molecule has 0 radical (unpaired) electrons. The van der Waals surface area contributed by atoms with Crippen molar-refractivity contribution in [2.45, 2.75) is 32.2 Å². The lowest BCUT2D eigenvalue weighted by Gasteiger charge is -2.14. The Morgan fingerprint density at radius 1 is 1.53 bits per heavy atom. The summed E-state index contributed by atoms with van der Waals surface area (Å²) in [5.74, 6) is 3.37. The molecule has 0 aliphatic heterocycles. The van der Waals surface area contributed by atoms with Crippen LogP contribution in [0.15, 0.2) is 18.2 Å². The summed E-state index contributed by atoms with van der Waals surface area (Å²) in [7, 11) is 0. The number of terminal acetylenes is 1. The maximum absolute atomic E-state index is 5.98. The Labute approximate surface area is 108 Å². The molecule has 0 amide bonds. The van der Waals surface area contributed by atoms with E-state index >= 15 is 0 Å². The maximum atomic E-state index is 5.98. The van der Waals surface area contributed by atoms with Gasteiger partial charge in [0.2, 0.25) is 0 Å². The summed E-state index contributed by atoms with van der Waals surface area (Å²) in [4.78, 5) is 0. The van der Waals surface area contributed by atoms with Gasteiger partial charge < -0.3 is 10.5 Å². The second-order valence-electron chi connectivity index (χ2n) is 3.93. The highest BCUT2D eigenvalue weighted by molar-refractivity contribution is 6.30. The molecule has 0 bridgehead atoms. The van der Waals surface area contributed by atoms with E-state index in [1.807, 2.05) is 18.2 Å². The molecule has 0 saturated heterocycles. The van der Waals surface area contributed by atoms with E-state index in [9.17, 15) is 0 Å². The largest absolute Gasteiger partial charge is 0.492 e. The SMILES string of the molecule is C#CCCOc1ccc(Cl)cc1CC(N)CC. The monoisotopic (exact) mass is 251 g/mol. The van der Waals surface area contributed by atoms with Crippen LogP contribution in [-0.2, 0) is 6.42 Å². The van der Waals surface area contributed by atoms with Crippen LogP contribution >= 0.6 is 11.6 Å². The molecule has 1 rings (SSSR count). The minimum Gasteiger partial charge on any atom is -0.492 e. The molecule has 1 atom stereocenters. The molecule has 1 aromatic carbocycles. The Kier molecular flexibility index (Phi) is 5.90. The van der Waals surface area contributed by atoms with E-state index in [1.165, 1.54) is 0 Å². The topological polar surface area (TPSA) is 35.2 Å². The predicted octanol–water partition coefficient (Wildman–Crippen LogP) is 3.02. The minimum absolute atomic E-state index is 0.128. The van der Waals surface area contributed by atoms with Crippen molar-refractivity contribution in [3.05, 3.63) is 28.8 Å². The van der Waals surface area contributed by atoms with Crippen molar-refractivity contribution in [1.82, 2.24) is 0 Å². The fourth-order valence-electron chi connectivity index (χ4n) is 1.50. The summed E-state index contributed by atoms with van der Waals surface area (Å²) in [6, 6.07) is 5.72. The number of rotatable bonds is 6.